The molecule has 0 aliphatic heterocycles. The summed E-state index contributed by atoms with van der Waals surface area (Å²) in [4.78, 5) is 18.1. The van der Waals surface area contributed by atoms with Crippen molar-refractivity contribution in [3.8, 4) is 17.0 Å². The van der Waals surface area contributed by atoms with Gasteiger partial charge in [0.25, 0.3) is 5.91 Å². The molecule has 2 heterocycles. The lowest BCUT2D eigenvalue weighted by Crippen LogP contribution is -2.23. The van der Waals surface area contributed by atoms with Gasteiger partial charge in [0, 0.05) is 28.7 Å². The Kier molecular flexibility index (Phi) is 4.83. The van der Waals surface area contributed by atoms with Crippen molar-refractivity contribution in [3.63, 3.8) is 0 Å². The van der Waals surface area contributed by atoms with Crippen molar-refractivity contribution in [3.05, 3.63) is 76.4 Å². The van der Waals surface area contributed by atoms with E-state index in [-0.39, 0.29) is 5.91 Å². The topological polar surface area (TPSA) is 55.6 Å². The summed E-state index contributed by atoms with van der Waals surface area (Å²) in [5.41, 5.74) is 3.04. The number of halogens is 1. The summed E-state index contributed by atoms with van der Waals surface area (Å²) in [5, 5.41) is 5.56. The molecule has 1 amide bonds. The summed E-state index contributed by atoms with van der Waals surface area (Å²) in [5.74, 6) is 0.547. The lowest BCUT2D eigenvalue weighted by Gasteiger charge is -2.07. The second-order valence-corrected chi connectivity index (χ2v) is 7.21. The molecule has 0 bridgehead atoms. The van der Waals surface area contributed by atoms with E-state index < -0.39 is 0 Å². The smallest absolute Gasteiger partial charge is 0.272 e. The number of benzene rings is 2. The Morgan fingerprint density at radius 1 is 1.19 bits per heavy atom. The molecule has 4 aromatic rings. The van der Waals surface area contributed by atoms with Crippen molar-refractivity contribution in [2.45, 2.75) is 6.54 Å². The van der Waals surface area contributed by atoms with Gasteiger partial charge in [0.05, 0.1) is 12.8 Å². The largest absolute Gasteiger partial charge is 0.497 e. The molecule has 1 N–H and O–H groups in total. The van der Waals surface area contributed by atoms with Crippen molar-refractivity contribution < 1.29 is 9.53 Å². The molecule has 0 aliphatic rings. The summed E-state index contributed by atoms with van der Waals surface area (Å²) in [6.45, 7) is 0.406. The minimum Gasteiger partial charge on any atom is -0.497 e. The molecule has 0 fully saturated rings. The van der Waals surface area contributed by atoms with Crippen molar-refractivity contribution in [2.75, 3.05) is 7.11 Å². The second-order valence-electron chi connectivity index (χ2n) is 5.90. The number of nitrogens with one attached hydrogen (secondary N) is 1. The molecule has 4 rings (SSSR count). The first-order valence-corrected chi connectivity index (χ1v) is 9.54. The second kappa shape index (κ2) is 7.42. The summed E-state index contributed by atoms with van der Waals surface area (Å²) in [7, 11) is 1.63. The number of carbonyl (C=O) groups is 1. The van der Waals surface area contributed by atoms with Crippen LogP contribution in [0.1, 0.15) is 16.1 Å². The number of ether oxygens (including phenoxy) is 1. The van der Waals surface area contributed by atoms with Crippen molar-refractivity contribution in [1.29, 1.82) is 0 Å². The van der Waals surface area contributed by atoms with Gasteiger partial charge in [-0.2, -0.15) is 0 Å². The van der Waals surface area contributed by atoms with Crippen LogP contribution in [0.5, 0.6) is 5.75 Å². The Morgan fingerprint density at radius 3 is 2.63 bits per heavy atom. The van der Waals surface area contributed by atoms with Crippen LogP contribution in [0.25, 0.3) is 16.2 Å². The Bertz CT molecular complexity index is 1080. The fourth-order valence-electron chi connectivity index (χ4n) is 2.84. The van der Waals surface area contributed by atoms with E-state index in [1.54, 1.807) is 19.2 Å². The monoisotopic (exact) mass is 397 g/mol. The number of fused-ring (bicyclic) bond motifs is 1. The Hall–Kier alpha value is -2.83. The number of thiazole rings is 1. The van der Waals surface area contributed by atoms with E-state index >= 15 is 0 Å². The van der Waals surface area contributed by atoms with E-state index in [2.05, 4.69) is 10.3 Å². The first-order chi connectivity index (χ1) is 13.2. The van der Waals surface area contributed by atoms with Crippen LogP contribution in [0, 0.1) is 0 Å². The fraction of sp³-hybridized carbons (Fsp3) is 0.100. The lowest BCUT2D eigenvalue weighted by molar-refractivity contribution is 0.0947. The van der Waals surface area contributed by atoms with Gasteiger partial charge in [-0.1, -0.05) is 23.7 Å². The number of hydrogen-bond donors (Lipinski definition) is 1. The standard InChI is InChI=1S/C20H16ClN3O2S/c1-26-16-8-4-14(5-9-16)18-17(23-20-24(18)10-11-27-20)19(25)22-12-13-2-6-15(21)7-3-13/h2-11H,12H2,1H3,(H,22,25). The average Bonchev–Trinajstić information content (AvgIpc) is 3.28. The highest BCUT2D eigenvalue weighted by Crippen LogP contribution is 2.29. The Labute approximate surface area is 165 Å². The number of aromatic nitrogens is 2. The van der Waals surface area contributed by atoms with Gasteiger partial charge in [0.1, 0.15) is 5.75 Å². The molecule has 0 radical (unpaired) electrons. The summed E-state index contributed by atoms with van der Waals surface area (Å²) >= 11 is 7.40. The van der Waals surface area contributed by atoms with Crippen molar-refractivity contribution in [2.24, 2.45) is 0 Å². The van der Waals surface area contributed by atoms with E-state index in [9.17, 15) is 4.79 Å². The van der Waals surface area contributed by atoms with Crippen LogP contribution in [0.4, 0.5) is 0 Å². The summed E-state index contributed by atoms with van der Waals surface area (Å²) in [6.07, 6.45) is 1.92. The SMILES string of the molecule is COc1ccc(-c2c(C(=O)NCc3ccc(Cl)cc3)nc3sccn23)cc1. The predicted molar refractivity (Wildman–Crippen MR) is 108 cm³/mol. The molecule has 0 saturated heterocycles. The highest BCUT2D eigenvalue weighted by molar-refractivity contribution is 7.15. The number of hydrogen-bond acceptors (Lipinski definition) is 4. The number of rotatable bonds is 5. The van der Waals surface area contributed by atoms with Crippen LogP contribution in [0.2, 0.25) is 5.02 Å². The third-order valence-corrected chi connectivity index (χ3v) is 5.22. The molecular formula is C20H16ClN3O2S. The number of carbonyl (C=O) groups excluding carboxylic acids is 1. The Morgan fingerprint density at radius 2 is 1.93 bits per heavy atom. The fourth-order valence-corrected chi connectivity index (χ4v) is 3.68. The van der Waals surface area contributed by atoms with Crippen LogP contribution >= 0.6 is 22.9 Å². The van der Waals surface area contributed by atoms with Crippen molar-refractivity contribution >= 4 is 33.8 Å². The maximum atomic E-state index is 12.8. The van der Waals surface area contributed by atoms with Gasteiger partial charge in [-0.15, -0.1) is 11.3 Å². The molecule has 0 aliphatic carbocycles. The Balaban J connectivity index is 1.65. The molecule has 0 unspecified atom stereocenters. The molecule has 0 atom stereocenters. The molecule has 136 valence electrons. The maximum absolute atomic E-state index is 12.8. The molecule has 5 nitrogen and oxygen atoms in total. The number of imidazole rings is 1. The molecule has 0 spiro atoms. The first kappa shape index (κ1) is 17.6. The minimum absolute atomic E-state index is 0.216. The third kappa shape index (κ3) is 3.54. The average molecular weight is 398 g/mol. The molecule has 2 aromatic carbocycles. The highest BCUT2D eigenvalue weighted by atomic mass is 35.5. The predicted octanol–water partition coefficient (Wildman–Crippen LogP) is 4.65. The van der Waals surface area contributed by atoms with Crippen molar-refractivity contribution in [1.82, 2.24) is 14.7 Å². The number of amides is 1. The maximum Gasteiger partial charge on any atom is 0.272 e. The van der Waals surface area contributed by atoms with Crippen LogP contribution in [-0.2, 0) is 6.54 Å². The molecule has 27 heavy (non-hydrogen) atoms. The van der Waals surface area contributed by atoms with Gasteiger partial charge < -0.3 is 10.1 Å². The minimum atomic E-state index is -0.216. The van der Waals surface area contributed by atoms with Gasteiger partial charge in [0.2, 0.25) is 0 Å². The van der Waals surface area contributed by atoms with E-state index in [0.717, 1.165) is 27.5 Å². The molecular weight excluding hydrogens is 382 g/mol. The van der Waals surface area contributed by atoms with Crippen LogP contribution in [-0.4, -0.2) is 22.4 Å². The number of methoxy groups -OCH3 is 1. The normalized spacial score (nSPS) is 10.9. The summed E-state index contributed by atoms with van der Waals surface area (Å²) in [6, 6.07) is 15.0. The quantitative estimate of drug-likeness (QED) is 0.533. The molecule has 7 heteroatoms. The van der Waals surface area contributed by atoms with Gasteiger partial charge in [-0.3, -0.25) is 9.20 Å². The van der Waals surface area contributed by atoms with Gasteiger partial charge in [0.15, 0.2) is 10.7 Å². The van der Waals surface area contributed by atoms with Gasteiger partial charge >= 0.3 is 0 Å². The van der Waals surface area contributed by atoms with Gasteiger partial charge in [-0.05, 0) is 42.0 Å². The third-order valence-electron chi connectivity index (χ3n) is 4.21. The van der Waals surface area contributed by atoms with E-state index in [1.165, 1.54) is 11.3 Å². The van der Waals surface area contributed by atoms with Crippen LogP contribution < -0.4 is 10.1 Å². The molecule has 0 saturated carbocycles. The van der Waals surface area contributed by atoms with Crippen LogP contribution in [0.3, 0.4) is 0 Å². The van der Waals surface area contributed by atoms with Gasteiger partial charge in [-0.25, -0.2) is 4.98 Å². The van der Waals surface area contributed by atoms with E-state index in [4.69, 9.17) is 16.3 Å². The first-order valence-electron chi connectivity index (χ1n) is 8.28. The van der Waals surface area contributed by atoms with Crippen LogP contribution in [0.15, 0.2) is 60.1 Å². The summed E-state index contributed by atoms with van der Waals surface area (Å²) < 4.78 is 7.16. The zero-order valence-electron chi connectivity index (χ0n) is 14.5. The van der Waals surface area contributed by atoms with E-state index in [0.29, 0.717) is 17.3 Å². The zero-order chi connectivity index (χ0) is 18.8. The number of nitrogens with zero attached hydrogens (tertiary/aromatic N) is 2. The van der Waals surface area contributed by atoms with E-state index in [1.807, 2.05) is 52.4 Å². The molecule has 2 aromatic heterocycles. The zero-order valence-corrected chi connectivity index (χ0v) is 16.1. The lowest BCUT2D eigenvalue weighted by atomic mass is 10.1. The highest BCUT2D eigenvalue weighted by Gasteiger charge is 2.21.